The maximum absolute atomic E-state index is 12.2. The lowest BCUT2D eigenvalue weighted by atomic mass is 10.1. The van der Waals surface area contributed by atoms with Gasteiger partial charge in [0.05, 0.1) is 6.33 Å². The van der Waals surface area contributed by atoms with E-state index in [-0.39, 0.29) is 12.1 Å². The molecule has 0 aliphatic carbocycles. The molecule has 1 atom stereocenters. The molecule has 0 bridgehead atoms. The van der Waals surface area contributed by atoms with Crippen LogP contribution in [0, 0.1) is 6.92 Å². The molecule has 118 valence electrons. The first-order chi connectivity index (χ1) is 9.76. The summed E-state index contributed by atoms with van der Waals surface area (Å²) in [7, 11) is 2.10. The molecule has 6 nitrogen and oxygen atoms in total. The first kappa shape index (κ1) is 15.8. The average Bonchev–Trinajstić information content (AvgIpc) is 2.75. The lowest BCUT2D eigenvalue weighted by Gasteiger charge is -2.40. The van der Waals surface area contributed by atoms with E-state index < -0.39 is 5.60 Å². The second-order valence-electron chi connectivity index (χ2n) is 6.75. The fourth-order valence-electron chi connectivity index (χ4n) is 2.44. The molecular formula is C15H26N4O2. The smallest absolute Gasteiger partial charge is 0.410 e. The van der Waals surface area contributed by atoms with Gasteiger partial charge in [0.2, 0.25) is 0 Å². The SMILES string of the molecule is Cc1cncn1C[C@H]1CN(C(=O)OC(C)(C)C)CCN1C. The highest BCUT2D eigenvalue weighted by molar-refractivity contribution is 5.68. The van der Waals surface area contributed by atoms with Crippen molar-refractivity contribution in [2.75, 3.05) is 26.7 Å². The Morgan fingerprint density at radius 2 is 2.14 bits per heavy atom. The number of likely N-dealkylation sites (N-methyl/N-ethyl adjacent to an activating group) is 1. The number of hydrogen-bond donors (Lipinski definition) is 0. The third-order valence-corrected chi connectivity index (χ3v) is 3.76. The van der Waals surface area contributed by atoms with Crippen molar-refractivity contribution in [1.29, 1.82) is 0 Å². The van der Waals surface area contributed by atoms with Crippen molar-refractivity contribution >= 4 is 6.09 Å². The van der Waals surface area contributed by atoms with Crippen LogP contribution in [0.5, 0.6) is 0 Å². The summed E-state index contributed by atoms with van der Waals surface area (Å²) in [5.41, 5.74) is 0.689. The summed E-state index contributed by atoms with van der Waals surface area (Å²) in [4.78, 5) is 20.5. The number of carbonyl (C=O) groups is 1. The van der Waals surface area contributed by atoms with Crippen LogP contribution in [0.2, 0.25) is 0 Å². The first-order valence-electron chi connectivity index (χ1n) is 7.41. The Morgan fingerprint density at radius 1 is 1.43 bits per heavy atom. The normalized spacial score (nSPS) is 20.6. The third-order valence-electron chi connectivity index (χ3n) is 3.76. The van der Waals surface area contributed by atoms with E-state index in [0.29, 0.717) is 13.1 Å². The predicted molar refractivity (Wildman–Crippen MR) is 81.2 cm³/mol. The molecule has 1 aliphatic rings. The van der Waals surface area contributed by atoms with Gasteiger partial charge in [0, 0.05) is 44.1 Å². The van der Waals surface area contributed by atoms with Crippen molar-refractivity contribution in [3.63, 3.8) is 0 Å². The summed E-state index contributed by atoms with van der Waals surface area (Å²) >= 11 is 0. The summed E-state index contributed by atoms with van der Waals surface area (Å²) in [6.07, 6.45) is 3.48. The van der Waals surface area contributed by atoms with Crippen LogP contribution < -0.4 is 0 Å². The molecule has 1 amide bonds. The van der Waals surface area contributed by atoms with Gasteiger partial charge in [-0.15, -0.1) is 0 Å². The number of nitrogens with zero attached hydrogens (tertiary/aromatic N) is 4. The zero-order valence-electron chi connectivity index (χ0n) is 13.7. The highest BCUT2D eigenvalue weighted by atomic mass is 16.6. The number of ether oxygens (including phenoxy) is 1. The maximum Gasteiger partial charge on any atom is 0.410 e. The minimum absolute atomic E-state index is 0.219. The van der Waals surface area contributed by atoms with Crippen molar-refractivity contribution in [1.82, 2.24) is 19.4 Å². The van der Waals surface area contributed by atoms with Gasteiger partial charge in [-0.1, -0.05) is 0 Å². The molecule has 6 heteroatoms. The second-order valence-corrected chi connectivity index (χ2v) is 6.75. The summed E-state index contributed by atoms with van der Waals surface area (Å²) < 4.78 is 7.59. The molecule has 1 saturated heterocycles. The Labute approximate surface area is 126 Å². The number of amides is 1. The lowest BCUT2D eigenvalue weighted by Crippen LogP contribution is -2.55. The van der Waals surface area contributed by atoms with Gasteiger partial charge in [0.15, 0.2) is 0 Å². The summed E-state index contributed by atoms with van der Waals surface area (Å²) in [6.45, 7) is 10.8. The van der Waals surface area contributed by atoms with Crippen molar-refractivity contribution in [2.24, 2.45) is 0 Å². The highest BCUT2D eigenvalue weighted by Crippen LogP contribution is 2.15. The fourth-order valence-corrected chi connectivity index (χ4v) is 2.44. The molecule has 0 saturated carbocycles. The van der Waals surface area contributed by atoms with Crippen LogP contribution in [0.25, 0.3) is 0 Å². The van der Waals surface area contributed by atoms with E-state index in [0.717, 1.165) is 18.8 Å². The number of aryl methyl sites for hydroxylation is 1. The highest BCUT2D eigenvalue weighted by Gasteiger charge is 2.30. The molecule has 2 heterocycles. The van der Waals surface area contributed by atoms with Crippen LogP contribution in [0.15, 0.2) is 12.5 Å². The van der Waals surface area contributed by atoms with Crippen molar-refractivity contribution in [3.8, 4) is 0 Å². The number of piperazine rings is 1. The Hall–Kier alpha value is -1.56. The second kappa shape index (κ2) is 6.05. The number of aromatic nitrogens is 2. The van der Waals surface area contributed by atoms with E-state index in [9.17, 15) is 4.79 Å². The molecule has 0 N–H and O–H groups in total. The molecule has 1 aromatic heterocycles. The third kappa shape index (κ3) is 4.20. The molecule has 0 unspecified atom stereocenters. The maximum atomic E-state index is 12.2. The molecule has 0 spiro atoms. The standard InChI is InChI=1S/C15H26N4O2/c1-12-8-16-11-19(12)10-13-9-18(7-6-17(13)5)14(20)21-15(2,3)4/h8,11,13H,6-7,9-10H2,1-5H3/t13-/m1/s1. The molecule has 21 heavy (non-hydrogen) atoms. The monoisotopic (exact) mass is 294 g/mol. The molecule has 1 fully saturated rings. The quantitative estimate of drug-likeness (QED) is 0.834. The van der Waals surface area contributed by atoms with Gasteiger partial charge in [-0.25, -0.2) is 9.78 Å². The van der Waals surface area contributed by atoms with Crippen molar-refractivity contribution < 1.29 is 9.53 Å². The van der Waals surface area contributed by atoms with E-state index in [4.69, 9.17) is 4.74 Å². The largest absolute Gasteiger partial charge is 0.444 e. The van der Waals surface area contributed by atoms with Gasteiger partial charge < -0.3 is 14.2 Å². The van der Waals surface area contributed by atoms with E-state index in [1.807, 2.05) is 45.1 Å². The van der Waals surface area contributed by atoms with Gasteiger partial charge >= 0.3 is 6.09 Å². The molecule has 1 aliphatic heterocycles. The summed E-state index contributed by atoms with van der Waals surface area (Å²) in [6, 6.07) is 0.277. The molecule has 0 aromatic carbocycles. The van der Waals surface area contributed by atoms with Crippen LogP contribution >= 0.6 is 0 Å². The molecular weight excluding hydrogens is 268 g/mol. The average molecular weight is 294 g/mol. The number of carbonyl (C=O) groups excluding carboxylic acids is 1. The first-order valence-corrected chi connectivity index (χ1v) is 7.41. The van der Waals surface area contributed by atoms with Crippen LogP contribution in [0.4, 0.5) is 4.79 Å². The minimum atomic E-state index is -0.448. The number of rotatable bonds is 2. The van der Waals surface area contributed by atoms with Gasteiger partial charge in [0.25, 0.3) is 0 Å². The fraction of sp³-hybridized carbons (Fsp3) is 0.733. The Morgan fingerprint density at radius 3 is 2.71 bits per heavy atom. The van der Waals surface area contributed by atoms with Crippen LogP contribution in [-0.2, 0) is 11.3 Å². The van der Waals surface area contributed by atoms with Gasteiger partial charge in [0.1, 0.15) is 5.60 Å². The van der Waals surface area contributed by atoms with Gasteiger partial charge in [-0.05, 0) is 34.7 Å². The zero-order chi connectivity index (χ0) is 15.6. The molecule has 1 aromatic rings. The zero-order valence-corrected chi connectivity index (χ0v) is 13.7. The molecule has 0 radical (unpaired) electrons. The lowest BCUT2D eigenvalue weighted by molar-refractivity contribution is 0.00586. The van der Waals surface area contributed by atoms with E-state index in [1.165, 1.54) is 0 Å². The number of hydrogen-bond acceptors (Lipinski definition) is 4. The van der Waals surface area contributed by atoms with E-state index in [1.54, 1.807) is 0 Å². The molecule has 2 rings (SSSR count). The van der Waals surface area contributed by atoms with Crippen LogP contribution in [0.1, 0.15) is 26.5 Å². The van der Waals surface area contributed by atoms with E-state index >= 15 is 0 Å². The minimum Gasteiger partial charge on any atom is -0.444 e. The Bertz CT molecular complexity index is 492. The van der Waals surface area contributed by atoms with Gasteiger partial charge in [-0.2, -0.15) is 0 Å². The predicted octanol–water partition coefficient (Wildman–Crippen LogP) is 1.74. The van der Waals surface area contributed by atoms with Gasteiger partial charge in [-0.3, -0.25) is 4.90 Å². The Kier molecular flexibility index (Phi) is 4.56. The van der Waals surface area contributed by atoms with Crippen LogP contribution in [-0.4, -0.2) is 63.8 Å². The van der Waals surface area contributed by atoms with E-state index in [2.05, 4.69) is 21.5 Å². The van der Waals surface area contributed by atoms with Crippen molar-refractivity contribution in [3.05, 3.63) is 18.2 Å². The van der Waals surface area contributed by atoms with Crippen LogP contribution in [0.3, 0.4) is 0 Å². The summed E-state index contributed by atoms with van der Waals surface area (Å²) in [5, 5.41) is 0. The van der Waals surface area contributed by atoms with Crippen molar-refractivity contribution in [2.45, 2.75) is 45.9 Å². The number of imidazole rings is 1. The Balaban J connectivity index is 1.99. The summed E-state index contributed by atoms with van der Waals surface area (Å²) in [5.74, 6) is 0. The topological polar surface area (TPSA) is 50.6 Å².